The van der Waals surface area contributed by atoms with E-state index in [0.717, 1.165) is 122 Å². The summed E-state index contributed by atoms with van der Waals surface area (Å²) in [6.07, 6.45) is 27.9. The van der Waals surface area contributed by atoms with Crippen molar-refractivity contribution in [2.45, 2.75) is 212 Å². The first-order chi connectivity index (χ1) is 27.1. The number of Topliss-reactive ketones (excluding diaryl/α,β-unsaturated/α-hetero) is 1. The molecule has 0 aromatic heterocycles. The van der Waals surface area contributed by atoms with E-state index in [1.807, 2.05) is 6.08 Å². The summed E-state index contributed by atoms with van der Waals surface area (Å²) in [5, 5.41) is 0. The van der Waals surface area contributed by atoms with Gasteiger partial charge in [-0.2, -0.15) is 0 Å². The number of hydrogen-bond donors (Lipinski definition) is 0. The van der Waals surface area contributed by atoms with E-state index in [2.05, 4.69) is 32.6 Å². The van der Waals surface area contributed by atoms with Gasteiger partial charge in [0.15, 0.2) is 11.6 Å². The molecule has 1 aliphatic heterocycles. The monoisotopic (exact) mass is 782 g/mol. The molecular formula is C48H79NO7. The molecule has 8 nitrogen and oxygen atoms in total. The molecule has 0 aromatic carbocycles. The average molecular weight is 782 g/mol. The molecule has 8 unspecified atom stereocenters. The van der Waals surface area contributed by atoms with Gasteiger partial charge in [0.25, 0.3) is 0 Å². The smallest absolute Gasteiger partial charge is 0.306 e. The molecule has 0 bridgehead atoms. The molecule has 56 heavy (non-hydrogen) atoms. The molecule has 0 aromatic rings. The molecule has 5 aliphatic rings. The van der Waals surface area contributed by atoms with Crippen LogP contribution in [0.3, 0.4) is 0 Å². The van der Waals surface area contributed by atoms with Crippen LogP contribution >= 0.6 is 0 Å². The molecule has 1 saturated heterocycles. The number of ether oxygens (including phenoxy) is 3. The predicted octanol–water partition coefficient (Wildman–Crippen LogP) is 10.7. The van der Waals surface area contributed by atoms with E-state index in [9.17, 15) is 19.2 Å². The molecule has 318 valence electrons. The highest BCUT2D eigenvalue weighted by Crippen LogP contribution is 2.70. The topological polar surface area (TPSA) is 99.2 Å². The Hall–Kier alpha value is -2.06. The minimum atomic E-state index is -0.255. The summed E-state index contributed by atoms with van der Waals surface area (Å²) >= 11 is 0. The van der Waals surface area contributed by atoms with Gasteiger partial charge in [-0.25, -0.2) is 0 Å². The van der Waals surface area contributed by atoms with Crippen LogP contribution in [0.25, 0.3) is 0 Å². The van der Waals surface area contributed by atoms with Gasteiger partial charge in [-0.15, -0.1) is 0 Å². The molecule has 1 heterocycles. The number of unbranched alkanes of at least 4 members (excludes halogenated alkanes) is 10. The highest BCUT2D eigenvalue weighted by atomic mass is 16.5. The van der Waals surface area contributed by atoms with Crippen LogP contribution in [0, 0.1) is 29.1 Å². The van der Waals surface area contributed by atoms with E-state index in [1.165, 1.54) is 50.5 Å². The van der Waals surface area contributed by atoms with Crippen molar-refractivity contribution in [3.8, 4) is 0 Å². The Balaban J connectivity index is 0.937. The van der Waals surface area contributed by atoms with Gasteiger partial charge in [0, 0.05) is 31.1 Å². The Morgan fingerprint density at radius 3 is 2.14 bits per heavy atom. The van der Waals surface area contributed by atoms with Crippen LogP contribution in [0.1, 0.15) is 195 Å². The van der Waals surface area contributed by atoms with E-state index in [0.29, 0.717) is 37.0 Å². The van der Waals surface area contributed by atoms with Crippen molar-refractivity contribution in [2.24, 2.45) is 29.1 Å². The fourth-order valence-corrected chi connectivity index (χ4v) is 11.8. The van der Waals surface area contributed by atoms with E-state index < -0.39 is 0 Å². The Kier molecular flexibility index (Phi) is 18.0. The van der Waals surface area contributed by atoms with Crippen molar-refractivity contribution >= 4 is 23.5 Å². The zero-order chi connectivity index (χ0) is 40.0. The van der Waals surface area contributed by atoms with E-state index in [4.69, 9.17) is 14.2 Å². The van der Waals surface area contributed by atoms with Crippen LogP contribution in [-0.4, -0.2) is 72.5 Å². The van der Waals surface area contributed by atoms with E-state index in [1.54, 1.807) is 0 Å². The SMILES string of the molecule is CCCCCCC(CCCCC)OC(=O)CCCCCN(CCCC)CCCCCC(=O)OCC(=O)C1CCC2C3CCC4=CC(=O)CCC45OC(CC12C)C35. The first-order valence-corrected chi connectivity index (χ1v) is 23.7. The van der Waals surface area contributed by atoms with Gasteiger partial charge in [-0.3, -0.25) is 19.2 Å². The van der Waals surface area contributed by atoms with Crippen LogP contribution < -0.4 is 0 Å². The number of carbonyl (C=O) groups is 4. The molecule has 1 spiro atoms. The Bertz CT molecular complexity index is 1310. The quantitative estimate of drug-likeness (QED) is 0.0572. The summed E-state index contributed by atoms with van der Waals surface area (Å²) in [5.41, 5.74) is 0.914. The van der Waals surface area contributed by atoms with Crippen molar-refractivity contribution in [3.63, 3.8) is 0 Å². The Morgan fingerprint density at radius 2 is 1.43 bits per heavy atom. The van der Waals surface area contributed by atoms with Gasteiger partial charge >= 0.3 is 11.9 Å². The molecule has 5 rings (SSSR count). The van der Waals surface area contributed by atoms with Gasteiger partial charge in [-0.05, 0) is 145 Å². The summed E-state index contributed by atoms with van der Waals surface area (Å²) in [4.78, 5) is 53.7. The van der Waals surface area contributed by atoms with E-state index >= 15 is 0 Å². The molecule has 4 aliphatic carbocycles. The lowest BCUT2D eigenvalue weighted by molar-refractivity contribution is -0.310. The second-order valence-electron chi connectivity index (χ2n) is 18.8. The third kappa shape index (κ3) is 11.6. The van der Waals surface area contributed by atoms with E-state index in [-0.39, 0.29) is 59.3 Å². The zero-order valence-electron chi connectivity index (χ0n) is 36.1. The summed E-state index contributed by atoms with van der Waals surface area (Å²) in [6, 6.07) is 0. The summed E-state index contributed by atoms with van der Waals surface area (Å²) in [6.45, 7) is 12.0. The third-order valence-corrected chi connectivity index (χ3v) is 14.8. The Morgan fingerprint density at radius 1 is 0.786 bits per heavy atom. The number of fused-ring (bicyclic) bond motifs is 2. The Labute approximate surface area is 340 Å². The standard InChI is InChI=1S/C48H79NO7/c1-5-8-11-15-21-38(20-14-9-6-2)55-45(53)23-17-13-19-32-49(30-10-7-3)31-18-12-16-22-44(52)54-35-42(51)41-27-26-40-39-25-24-36-33-37(50)28-29-48(36)46(39)43(56-48)34-47(40,41)4/h33,38-41,43,46H,5-32,34-35H2,1-4H3. The largest absolute Gasteiger partial charge is 0.462 e. The number of hydrogen-bond acceptors (Lipinski definition) is 8. The van der Waals surface area contributed by atoms with Crippen LogP contribution in [0.15, 0.2) is 11.6 Å². The fraction of sp³-hybridized carbons (Fsp3) is 0.875. The molecule has 8 atom stereocenters. The van der Waals surface area contributed by atoms with Gasteiger partial charge in [0.2, 0.25) is 0 Å². The molecule has 0 N–H and O–H groups in total. The summed E-state index contributed by atoms with van der Waals surface area (Å²) in [5.74, 6) is 1.52. The number of rotatable bonds is 28. The van der Waals surface area contributed by atoms with Gasteiger partial charge in [0.05, 0.1) is 11.7 Å². The van der Waals surface area contributed by atoms with Crippen molar-refractivity contribution in [3.05, 3.63) is 11.6 Å². The van der Waals surface area contributed by atoms with Crippen LogP contribution in [0.2, 0.25) is 0 Å². The second kappa shape index (κ2) is 22.3. The molecule has 4 fully saturated rings. The summed E-state index contributed by atoms with van der Waals surface area (Å²) in [7, 11) is 0. The molecular weight excluding hydrogens is 703 g/mol. The number of nitrogens with zero attached hydrogens (tertiary/aromatic N) is 1. The lowest BCUT2D eigenvalue weighted by Gasteiger charge is -2.68. The minimum Gasteiger partial charge on any atom is -0.462 e. The van der Waals surface area contributed by atoms with Crippen molar-refractivity contribution in [1.82, 2.24) is 4.90 Å². The normalized spacial score (nSPS) is 29.5. The number of ketones is 2. The highest BCUT2D eigenvalue weighted by molar-refractivity contribution is 5.92. The molecule has 0 radical (unpaired) electrons. The average Bonchev–Trinajstić information content (AvgIpc) is 3.53. The maximum absolute atomic E-state index is 13.6. The molecule has 3 saturated carbocycles. The first-order valence-electron chi connectivity index (χ1n) is 23.7. The van der Waals surface area contributed by atoms with Crippen molar-refractivity contribution in [2.75, 3.05) is 26.2 Å². The number of carbonyl (C=O) groups excluding carboxylic acids is 4. The van der Waals surface area contributed by atoms with Gasteiger partial charge in [-0.1, -0.05) is 79.1 Å². The maximum atomic E-state index is 13.6. The lowest BCUT2D eigenvalue weighted by Crippen LogP contribution is -2.71. The third-order valence-electron chi connectivity index (χ3n) is 14.8. The highest BCUT2D eigenvalue weighted by Gasteiger charge is 2.70. The van der Waals surface area contributed by atoms with Gasteiger partial charge in [0.1, 0.15) is 12.7 Å². The van der Waals surface area contributed by atoms with Crippen molar-refractivity contribution < 1.29 is 33.4 Å². The lowest BCUT2D eigenvalue weighted by atomic mass is 9.46. The maximum Gasteiger partial charge on any atom is 0.306 e. The van der Waals surface area contributed by atoms with Crippen LogP contribution in [0.5, 0.6) is 0 Å². The van der Waals surface area contributed by atoms with Crippen LogP contribution in [-0.2, 0) is 33.4 Å². The minimum absolute atomic E-state index is 0.0153. The van der Waals surface area contributed by atoms with Gasteiger partial charge < -0.3 is 19.1 Å². The summed E-state index contributed by atoms with van der Waals surface area (Å²) < 4.78 is 18.2. The molecule has 8 heteroatoms. The first kappa shape index (κ1) is 45.0. The second-order valence-corrected chi connectivity index (χ2v) is 18.8. The zero-order valence-corrected chi connectivity index (χ0v) is 36.1. The predicted molar refractivity (Wildman–Crippen MR) is 222 cm³/mol. The molecule has 0 amide bonds. The van der Waals surface area contributed by atoms with Crippen LogP contribution in [0.4, 0.5) is 0 Å². The van der Waals surface area contributed by atoms with Crippen molar-refractivity contribution in [1.29, 1.82) is 0 Å². The fourth-order valence-electron chi connectivity index (χ4n) is 11.8. The number of esters is 2.